The summed E-state index contributed by atoms with van der Waals surface area (Å²) < 4.78 is 0.982. The van der Waals surface area contributed by atoms with E-state index in [4.69, 9.17) is 0 Å². The molecule has 0 bridgehead atoms. The largest absolute Gasteiger partial charge is 0.490 e. The lowest BCUT2D eigenvalue weighted by Gasteiger charge is -1.97. The quantitative estimate of drug-likeness (QED) is 0.453. The van der Waals surface area contributed by atoms with Crippen molar-refractivity contribution >= 4 is 23.8 Å². The predicted octanol–water partition coefficient (Wildman–Crippen LogP) is 0.245. The van der Waals surface area contributed by atoms with Gasteiger partial charge in [0.25, 0.3) is 11.6 Å². The number of hydrogen-bond acceptors (Lipinski definition) is 8. The monoisotopic (exact) mass is 319 g/mol. The molecule has 1 N–H and O–H groups in total. The number of nitro benzene ring substituents is 1. The molecular formula is C11H9N7O5. The van der Waals surface area contributed by atoms with Crippen molar-refractivity contribution < 1.29 is 14.6 Å². The van der Waals surface area contributed by atoms with Gasteiger partial charge in [-0.2, -0.15) is 9.78 Å². The zero-order chi connectivity index (χ0) is 16.8. The molecule has 0 aliphatic heterocycles. The molecule has 0 fully saturated rings. The van der Waals surface area contributed by atoms with Crippen LogP contribution in [0.5, 0.6) is 0 Å². The number of aromatic nitrogens is 3. The summed E-state index contributed by atoms with van der Waals surface area (Å²) in [6.07, 6.45) is 2.27. The highest BCUT2D eigenvalue weighted by Crippen LogP contribution is 2.11. The van der Waals surface area contributed by atoms with Gasteiger partial charge in [-0.15, -0.1) is 0 Å². The van der Waals surface area contributed by atoms with Gasteiger partial charge in [-0.3, -0.25) is 14.9 Å². The van der Waals surface area contributed by atoms with Crippen molar-refractivity contribution in [2.45, 2.75) is 6.54 Å². The van der Waals surface area contributed by atoms with E-state index in [1.54, 1.807) is 6.07 Å². The molecule has 1 heterocycles. The molecule has 23 heavy (non-hydrogen) atoms. The van der Waals surface area contributed by atoms with E-state index >= 15 is 0 Å². The van der Waals surface area contributed by atoms with Gasteiger partial charge in [0.2, 0.25) is 6.33 Å². The maximum atomic E-state index is 11.6. The van der Waals surface area contributed by atoms with Crippen LogP contribution in [-0.2, 0) is 11.3 Å². The van der Waals surface area contributed by atoms with E-state index in [1.165, 1.54) is 24.4 Å². The molecule has 12 nitrogen and oxygen atoms in total. The fourth-order valence-corrected chi connectivity index (χ4v) is 1.52. The SMILES string of the molecule is O=C(Cn1cnc([N+](=O)[O-])n1)N/N=C/c1cccc([N+](=O)[O-])c1. The molecule has 0 atom stereocenters. The Morgan fingerprint density at radius 2 is 2.13 bits per heavy atom. The number of nitrogens with one attached hydrogen (secondary N) is 1. The topological polar surface area (TPSA) is 158 Å². The zero-order valence-corrected chi connectivity index (χ0v) is 11.4. The lowest BCUT2D eigenvalue weighted by molar-refractivity contribution is -0.394. The second kappa shape index (κ2) is 6.84. The summed E-state index contributed by atoms with van der Waals surface area (Å²) in [7, 11) is 0. The molecule has 0 saturated carbocycles. The summed E-state index contributed by atoms with van der Waals surface area (Å²) in [4.78, 5) is 34.6. The minimum absolute atomic E-state index is 0.102. The van der Waals surface area contributed by atoms with Crippen LogP contribution in [0.25, 0.3) is 0 Å². The molecule has 1 aromatic heterocycles. The highest BCUT2D eigenvalue weighted by Gasteiger charge is 2.14. The Bertz CT molecular complexity index is 785. The van der Waals surface area contributed by atoms with Crippen molar-refractivity contribution in [1.29, 1.82) is 0 Å². The minimum atomic E-state index is -0.783. The molecule has 0 aliphatic carbocycles. The zero-order valence-electron chi connectivity index (χ0n) is 11.4. The highest BCUT2D eigenvalue weighted by molar-refractivity contribution is 5.83. The average molecular weight is 319 g/mol. The van der Waals surface area contributed by atoms with Gasteiger partial charge in [0.15, 0.2) is 0 Å². The molecule has 0 radical (unpaired) electrons. The molecule has 1 amide bonds. The third kappa shape index (κ3) is 4.38. The van der Waals surface area contributed by atoms with E-state index in [9.17, 15) is 25.0 Å². The van der Waals surface area contributed by atoms with Gasteiger partial charge >= 0.3 is 5.95 Å². The first kappa shape index (κ1) is 15.7. The minimum Gasteiger partial charge on any atom is -0.390 e. The van der Waals surface area contributed by atoms with Gasteiger partial charge in [0.1, 0.15) is 6.54 Å². The Kier molecular flexibility index (Phi) is 4.66. The van der Waals surface area contributed by atoms with Crippen LogP contribution in [0.3, 0.4) is 0 Å². The van der Waals surface area contributed by atoms with E-state index in [-0.39, 0.29) is 12.2 Å². The second-order valence-electron chi connectivity index (χ2n) is 4.14. The molecule has 0 spiro atoms. The van der Waals surface area contributed by atoms with Crippen LogP contribution in [0.15, 0.2) is 35.7 Å². The predicted molar refractivity (Wildman–Crippen MR) is 75.5 cm³/mol. The van der Waals surface area contributed by atoms with Crippen molar-refractivity contribution in [3.05, 3.63) is 56.4 Å². The first-order chi connectivity index (χ1) is 11.0. The molecule has 2 rings (SSSR count). The molecule has 0 unspecified atom stereocenters. The van der Waals surface area contributed by atoms with Crippen LogP contribution in [0.1, 0.15) is 5.56 Å². The summed E-state index contributed by atoms with van der Waals surface area (Å²) in [5.74, 6) is -1.20. The van der Waals surface area contributed by atoms with Crippen LogP contribution >= 0.6 is 0 Å². The molecule has 1 aromatic carbocycles. The number of benzene rings is 1. The Hall–Kier alpha value is -3.70. The third-order valence-electron chi connectivity index (χ3n) is 2.48. The lowest BCUT2D eigenvalue weighted by atomic mass is 10.2. The van der Waals surface area contributed by atoms with Crippen LogP contribution in [0.2, 0.25) is 0 Å². The van der Waals surface area contributed by atoms with Gasteiger partial charge in [0.05, 0.1) is 11.1 Å². The van der Waals surface area contributed by atoms with Gasteiger partial charge in [-0.25, -0.2) is 5.43 Å². The summed E-state index contributed by atoms with van der Waals surface area (Å²) in [6, 6.07) is 5.67. The fraction of sp³-hybridized carbons (Fsp3) is 0.0909. The Morgan fingerprint density at radius 1 is 1.35 bits per heavy atom. The van der Waals surface area contributed by atoms with Gasteiger partial charge in [0, 0.05) is 22.8 Å². The van der Waals surface area contributed by atoms with Crippen LogP contribution in [0.4, 0.5) is 11.6 Å². The number of nitrogens with zero attached hydrogens (tertiary/aromatic N) is 6. The number of rotatable bonds is 6. The van der Waals surface area contributed by atoms with Crippen LogP contribution in [-0.4, -0.2) is 36.7 Å². The Balaban J connectivity index is 1.91. The van der Waals surface area contributed by atoms with Gasteiger partial charge in [-0.05, 0) is 4.92 Å². The Morgan fingerprint density at radius 3 is 2.78 bits per heavy atom. The second-order valence-corrected chi connectivity index (χ2v) is 4.14. The fourth-order valence-electron chi connectivity index (χ4n) is 1.52. The van der Waals surface area contributed by atoms with Gasteiger partial charge in [-0.1, -0.05) is 17.1 Å². The number of carbonyl (C=O) groups is 1. The number of hydrogen-bond donors (Lipinski definition) is 1. The van der Waals surface area contributed by atoms with Crippen molar-refractivity contribution in [3.63, 3.8) is 0 Å². The van der Waals surface area contributed by atoms with E-state index < -0.39 is 21.7 Å². The van der Waals surface area contributed by atoms with Crippen molar-refractivity contribution in [2.24, 2.45) is 5.10 Å². The summed E-state index contributed by atoms with van der Waals surface area (Å²) in [5.41, 5.74) is 2.49. The summed E-state index contributed by atoms with van der Waals surface area (Å²) in [6.45, 7) is -0.312. The molecule has 12 heteroatoms. The average Bonchev–Trinajstić information content (AvgIpc) is 2.96. The van der Waals surface area contributed by atoms with Gasteiger partial charge < -0.3 is 10.1 Å². The number of hydrazone groups is 1. The molecule has 2 aromatic rings. The van der Waals surface area contributed by atoms with E-state index in [2.05, 4.69) is 20.6 Å². The summed E-state index contributed by atoms with van der Waals surface area (Å²) in [5, 5.41) is 28.1. The van der Waals surface area contributed by atoms with Crippen LogP contribution in [0, 0.1) is 20.2 Å². The third-order valence-corrected chi connectivity index (χ3v) is 2.48. The maximum absolute atomic E-state index is 11.6. The number of nitro groups is 2. The van der Waals surface area contributed by atoms with E-state index in [1.807, 2.05) is 0 Å². The maximum Gasteiger partial charge on any atom is 0.490 e. The highest BCUT2D eigenvalue weighted by atomic mass is 16.6. The first-order valence-electron chi connectivity index (χ1n) is 6.06. The van der Waals surface area contributed by atoms with Crippen molar-refractivity contribution in [3.8, 4) is 0 Å². The van der Waals surface area contributed by atoms with E-state index in [0.717, 1.165) is 11.0 Å². The van der Waals surface area contributed by atoms with Crippen LogP contribution < -0.4 is 5.43 Å². The summed E-state index contributed by atoms with van der Waals surface area (Å²) >= 11 is 0. The molecular weight excluding hydrogens is 310 g/mol. The Labute approximate surface area is 127 Å². The van der Waals surface area contributed by atoms with Crippen molar-refractivity contribution in [2.75, 3.05) is 0 Å². The smallest absolute Gasteiger partial charge is 0.390 e. The lowest BCUT2D eigenvalue weighted by Crippen LogP contribution is -2.23. The standard InChI is InChI=1S/C11H9N7O5/c19-10(6-16-7-12-11(15-16)18(22)23)14-13-5-8-2-1-3-9(4-8)17(20)21/h1-5,7H,6H2,(H,14,19)/b13-5+. The molecule has 0 saturated heterocycles. The number of carbonyl (C=O) groups excluding carboxylic acids is 1. The number of amides is 1. The van der Waals surface area contributed by atoms with E-state index in [0.29, 0.717) is 5.56 Å². The first-order valence-corrected chi connectivity index (χ1v) is 6.06. The number of non-ortho nitro benzene ring substituents is 1. The molecule has 118 valence electrons. The molecule has 0 aliphatic rings. The van der Waals surface area contributed by atoms with Crippen molar-refractivity contribution in [1.82, 2.24) is 20.2 Å². The normalized spacial score (nSPS) is 10.6.